The van der Waals surface area contributed by atoms with Crippen LogP contribution in [0.1, 0.15) is 5.56 Å². The van der Waals surface area contributed by atoms with E-state index in [2.05, 4.69) is 10.3 Å². The van der Waals surface area contributed by atoms with Gasteiger partial charge in [0.15, 0.2) is 5.76 Å². The fourth-order valence-electron chi connectivity index (χ4n) is 2.29. The SMILES string of the molecule is O=C(Cn1cnc(-c2ccco2)cc1=O)Nc1ccccc1C(F)(F)F. The first-order valence-electron chi connectivity index (χ1n) is 7.41. The number of nitrogens with one attached hydrogen (secondary N) is 1. The molecule has 6 nitrogen and oxygen atoms in total. The normalized spacial score (nSPS) is 11.3. The van der Waals surface area contributed by atoms with E-state index in [1.54, 1.807) is 12.1 Å². The molecule has 9 heteroatoms. The lowest BCUT2D eigenvalue weighted by molar-refractivity contribution is -0.137. The first-order chi connectivity index (χ1) is 12.3. The van der Waals surface area contributed by atoms with Gasteiger partial charge in [-0.15, -0.1) is 0 Å². The second-order valence-electron chi connectivity index (χ2n) is 5.31. The number of halogens is 3. The molecule has 134 valence electrons. The molecular weight excluding hydrogens is 351 g/mol. The topological polar surface area (TPSA) is 77.1 Å². The Bertz CT molecular complexity index is 979. The van der Waals surface area contributed by atoms with Crippen molar-refractivity contribution in [3.8, 4) is 11.5 Å². The van der Waals surface area contributed by atoms with Crippen molar-refractivity contribution in [2.45, 2.75) is 12.7 Å². The number of alkyl halides is 3. The first-order valence-corrected chi connectivity index (χ1v) is 7.41. The second kappa shape index (κ2) is 6.87. The Labute approximate surface area is 144 Å². The highest BCUT2D eigenvalue weighted by Gasteiger charge is 2.33. The van der Waals surface area contributed by atoms with Gasteiger partial charge in [0, 0.05) is 6.07 Å². The highest BCUT2D eigenvalue weighted by Crippen LogP contribution is 2.34. The van der Waals surface area contributed by atoms with E-state index < -0.39 is 29.8 Å². The molecular formula is C17H12F3N3O3. The summed E-state index contributed by atoms with van der Waals surface area (Å²) in [6, 6.07) is 9.02. The van der Waals surface area contributed by atoms with Crippen LogP contribution in [0.4, 0.5) is 18.9 Å². The van der Waals surface area contributed by atoms with E-state index in [0.29, 0.717) is 11.5 Å². The van der Waals surface area contributed by atoms with Crippen molar-refractivity contribution in [2.24, 2.45) is 0 Å². The Kier molecular flexibility index (Phi) is 4.61. The number of rotatable bonds is 4. The Balaban J connectivity index is 1.76. The number of para-hydroxylation sites is 1. The van der Waals surface area contributed by atoms with Gasteiger partial charge in [-0.25, -0.2) is 4.98 Å². The zero-order chi connectivity index (χ0) is 18.7. The molecule has 2 heterocycles. The van der Waals surface area contributed by atoms with Crippen LogP contribution in [0.5, 0.6) is 0 Å². The summed E-state index contributed by atoms with van der Waals surface area (Å²) in [4.78, 5) is 28.1. The lowest BCUT2D eigenvalue weighted by Crippen LogP contribution is -2.28. The number of aromatic nitrogens is 2. The van der Waals surface area contributed by atoms with Crippen LogP contribution < -0.4 is 10.9 Å². The van der Waals surface area contributed by atoms with Crippen molar-refractivity contribution in [3.63, 3.8) is 0 Å². The summed E-state index contributed by atoms with van der Waals surface area (Å²) >= 11 is 0. The van der Waals surface area contributed by atoms with E-state index in [1.165, 1.54) is 24.5 Å². The van der Waals surface area contributed by atoms with Crippen LogP contribution in [0.25, 0.3) is 11.5 Å². The van der Waals surface area contributed by atoms with Crippen LogP contribution in [0.3, 0.4) is 0 Å². The van der Waals surface area contributed by atoms with Crippen molar-refractivity contribution in [1.29, 1.82) is 0 Å². The maximum atomic E-state index is 12.9. The van der Waals surface area contributed by atoms with E-state index in [1.807, 2.05) is 0 Å². The van der Waals surface area contributed by atoms with Gasteiger partial charge in [0.1, 0.15) is 12.2 Å². The molecule has 26 heavy (non-hydrogen) atoms. The average Bonchev–Trinajstić information content (AvgIpc) is 3.11. The standard InChI is InChI=1S/C17H12F3N3O3/c18-17(19,20)11-4-1-2-5-12(11)22-15(24)9-23-10-21-13(8-16(23)25)14-6-3-7-26-14/h1-8,10H,9H2,(H,22,24). The van der Waals surface area contributed by atoms with Gasteiger partial charge in [0.2, 0.25) is 5.91 Å². The lowest BCUT2D eigenvalue weighted by atomic mass is 10.1. The number of nitrogens with zero attached hydrogens (tertiary/aromatic N) is 2. The number of hydrogen-bond donors (Lipinski definition) is 1. The molecule has 1 amide bonds. The Morgan fingerprint density at radius 2 is 1.96 bits per heavy atom. The molecule has 0 aliphatic heterocycles. The molecule has 0 bridgehead atoms. The highest BCUT2D eigenvalue weighted by atomic mass is 19.4. The van der Waals surface area contributed by atoms with Crippen LogP contribution in [-0.2, 0) is 17.5 Å². The maximum absolute atomic E-state index is 12.9. The second-order valence-corrected chi connectivity index (χ2v) is 5.31. The zero-order valence-corrected chi connectivity index (χ0v) is 13.2. The van der Waals surface area contributed by atoms with E-state index in [4.69, 9.17) is 4.42 Å². The molecule has 0 saturated heterocycles. The zero-order valence-electron chi connectivity index (χ0n) is 13.2. The molecule has 0 fully saturated rings. The van der Waals surface area contributed by atoms with Gasteiger partial charge in [-0.05, 0) is 24.3 Å². The summed E-state index contributed by atoms with van der Waals surface area (Å²) in [5, 5.41) is 2.17. The number of carbonyl (C=O) groups is 1. The van der Waals surface area contributed by atoms with Gasteiger partial charge < -0.3 is 9.73 Å². The third kappa shape index (κ3) is 3.82. The molecule has 0 aliphatic carbocycles. The molecule has 0 saturated carbocycles. The molecule has 3 rings (SSSR count). The summed E-state index contributed by atoms with van der Waals surface area (Å²) in [5.41, 5.74) is -1.59. The smallest absolute Gasteiger partial charge is 0.418 e. The first kappa shape index (κ1) is 17.5. The number of carbonyl (C=O) groups excluding carboxylic acids is 1. The minimum Gasteiger partial charge on any atom is -0.463 e. The summed E-state index contributed by atoms with van der Waals surface area (Å²) < 4.78 is 44.9. The van der Waals surface area contributed by atoms with Crippen molar-refractivity contribution in [2.75, 3.05) is 5.32 Å². The van der Waals surface area contributed by atoms with Crippen LogP contribution in [0.15, 0.2) is 64.3 Å². The molecule has 0 radical (unpaired) electrons. The number of furan rings is 1. The molecule has 3 aromatic rings. The Hall–Kier alpha value is -3.36. The van der Waals surface area contributed by atoms with Gasteiger partial charge in [-0.2, -0.15) is 13.2 Å². The van der Waals surface area contributed by atoms with Crippen LogP contribution in [-0.4, -0.2) is 15.5 Å². The Morgan fingerprint density at radius 1 is 1.19 bits per heavy atom. The van der Waals surface area contributed by atoms with Gasteiger partial charge in [0.25, 0.3) is 5.56 Å². The molecule has 2 aromatic heterocycles. The summed E-state index contributed by atoms with van der Waals surface area (Å²) in [6.45, 7) is -0.476. The molecule has 1 aromatic carbocycles. The van der Waals surface area contributed by atoms with Crippen LogP contribution in [0, 0.1) is 0 Å². The minimum absolute atomic E-state index is 0.291. The fraction of sp³-hybridized carbons (Fsp3) is 0.118. The summed E-state index contributed by atoms with van der Waals surface area (Å²) in [7, 11) is 0. The maximum Gasteiger partial charge on any atom is 0.418 e. The minimum atomic E-state index is -4.60. The monoisotopic (exact) mass is 363 g/mol. The van der Waals surface area contributed by atoms with Crippen molar-refractivity contribution in [1.82, 2.24) is 9.55 Å². The summed E-state index contributed by atoms with van der Waals surface area (Å²) in [6.07, 6.45) is -2.05. The lowest BCUT2D eigenvalue weighted by Gasteiger charge is -2.13. The molecule has 0 atom stereocenters. The number of hydrogen-bond acceptors (Lipinski definition) is 4. The molecule has 0 aliphatic rings. The van der Waals surface area contributed by atoms with Gasteiger partial charge >= 0.3 is 6.18 Å². The van der Waals surface area contributed by atoms with Crippen molar-refractivity contribution >= 4 is 11.6 Å². The quantitative estimate of drug-likeness (QED) is 0.772. The predicted octanol–water partition coefficient (Wildman–Crippen LogP) is 3.16. The third-order valence-electron chi connectivity index (χ3n) is 3.47. The summed E-state index contributed by atoms with van der Waals surface area (Å²) in [5.74, 6) is -0.394. The number of anilines is 1. The number of amides is 1. The van der Waals surface area contributed by atoms with E-state index in [9.17, 15) is 22.8 Å². The van der Waals surface area contributed by atoms with Gasteiger partial charge in [-0.1, -0.05) is 12.1 Å². The Morgan fingerprint density at radius 3 is 2.62 bits per heavy atom. The fourth-order valence-corrected chi connectivity index (χ4v) is 2.29. The van der Waals surface area contributed by atoms with Crippen molar-refractivity contribution < 1.29 is 22.4 Å². The predicted molar refractivity (Wildman–Crippen MR) is 86.3 cm³/mol. The number of benzene rings is 1. The molecule has 1 N–H and O–H groups in total. The third-order valence-corrected chi connectivity index (χ3v) is 3.47. The van der Waals surface area contributed by atoms with Gasteiger partial charge in [-0.3, -0.25) is 14.2 Å². The molecule has 0 spiro atoms. The van der Waals surface area contributed by atoms with Gasteiger partial charge in [0.05, 0.1) is 23.8 Å². The van der Waals surface area contributed by atoms with E-state index in [0.717, 1.165) is 23.0 Å². The van der Waals surface area contributed by atoms with E-state index in [-0.39, 0.29) is 5.69 Å². The van der Waals surface area contributed by atoms with Crippen molar-refractivity contribution in [3.05, 3.63) is 71.0 Å². The van der Waals surface area contributed by atoms with E-state index >= 15 is 0 Å². The van der Waals surface area contributed by atoms with Crippen LogP contribution >= 0.6 is 0 Å². The molecule has 0 unspecified atom stereocenters. The van der Waals surface area contributed by atoms with Crippen LogP contribution in [0.2, 0.25) is 0 Å². The highest BCUT2D eigenvalue weighted by molar-refractivity contribution is 5.91. The largest absolute Gasteiger partial charge is 0.463 e. The average molecular weight is 363 g/mol.